The minimum absolute atomic E-state index is 0.0126. The molecule has 0 radical (unpaired) electrons. The van der Waals surface area contributed by atoms with E-state index in [1.165, 1.54) is 40.8 Å². The van der Waals surface area contributed by atoms with Gasteiger partial charge in [0, 0.05) is 21.2 Å². The molecular weight excluding hydrogens is 346 g/mol. The molecule has 2 heterocycles. The lowest BCUT2D eigenvalue weighted by Crippen LogP contribution is -2.14. The number of benzene rings is 1. The fraction of sp³-hybridized carbons (Fsp3) is 0.381. The average molecular weight is 370 g/mol. The Kier molecular flexibility index (Phi) is 4.50. The maximum absolute atomic E-state index is 12.7. The third kappa shape index (κ3) is 3.30. The first-order valence-corrected chi connectivity index (χ1v) is 10.7. The summed E-state index contributed by atoms with van der Waals surface area (Å²) >= 11 is 3.58. The highest BCUT2D eigenvalue weighted by Gasteiger charge is 2.26. The molecule has 0 saturated heterocycles. The van der Waals surface area contributed by atoms with Gasteiger partial charge in [0.1, 0.15) is 0 Å². The summed E-state index contributed by atoms with van der Waals surface area (Å²) in [7, 11) is 0. The van der Waals surface area contributed by atoms with E-state index in [-0.39, 0.29) is 5.91 Å². The molecule has 2 aliphatic rings. The molecule has 4 heteroatoms. The summed E-state index contributed by atoms with van der Waals surface area (Å²) in [6.07, 6.45) is 5.81. The number of anilines is 1. The van der Waals surface area contributed by atoms with Crippen LogP contribution >= 0.6 is 23.1 Å². The number of thioether (sulfide) groups is 1. The molecule has 1 amide bonds. The highest BCUT2D eigenvalue weighted by molar-refractivity contribution is 8.03. The predicted octanol–water partition coefficient (Wildman–Crippen LogP) is 5.72. The minimum atomic E-state index is 0.0126. The molecule has 1 aliphatic heterocycles. The number of thiophene rings is 1. The van der Waals surface area contributed by atoms with Gasteiger partial charge in [-0.05, 0) is 79.5 Å². The zero-order chi connectivity index (χ0) is 17.6. The van der Waals surface area contributed by atoms with E-state index in [1.807, 2.05) is 23.5 Å². The number of hydrogen-bond acceptors (Lipinski definition) is 3. The van der Waals surface area contributed by atoms with Gasteiger partial charge in [0.25, 0.3) is 5.91 Å². The van der Waals surface area contributed by atoms with Gasteiger partial charge in [-0.15, -0.1) is 23.1 Å². The van der Waals surface area contributed by atoms with Gasteiger partial charge in [-0.25, -0.2) is 0 Å². The molecule has 4 rings (SSSR count). The molecule has 1 atom stereocenters. The van der Waals surface area contributed by atoms with Crippen molar-refractivity contribution in [1.82, 2.24) is 0 Å². The maximum atomic E-state index is 12.7. The van der Waals surface area contributed by atoms with Crippen LogP contribution in [0.25, 0.3) is 6.08 Å². The number of aryl methyl sites for hydroxylation is 2. The van der Waals surface area contributed by atoms with Crippen molar-refractivity contribution >= 4 is 40.8 Å². The zero-order valence-electron chi connectivity index (χ0n) is 14.9. The molecule has 2 nitrogen and oxygen atoms in total. The summed E-state index contributed by atoms with van der Waals surface area (Å²) in [6, 6.07) is 6.07. The van der Waals surface area contributed by atoms with Gasteiger partial charge in [-0.2, -0.15) is 0 Å². The molecule has 1 aliphatic carbocycles. The van der Waals surface area contributed by atoms with Crippen LogP contribution in [-0.4, -0.2) is 5.91 Å². The molecule has 1 N–H and O–H groups in total. The zero-order valence-corrected chi connectivity index (χ0v) is 16.6. The summed E-state index contributed by atoms with van der Waals surface area (Å²) in [6.45, 7) is 6.50. The Morgan fingerprint density at radius 1 is 1.20 bits per heavy atom. The van der Waals surface area contributed by atoms with Crippen LogP contribution in [-0.2, 0) is 23.4 Å². The SMILES string of the molecule is Cc1ccc(NC(=O)C2=Cc3sc4c(c3CS2)CC[C@@H](C)C4)cc1C. The highest BCUT2D eigenvalue weighted by atomic mass is 32.2. The quantitative estimate of drug-likeness (QED) is 0.734. The number of fused-ring (bicyclic) bond motifs is 3. The Labute approximate surface area is 157 Å². The number of nitrogens with one attached hydrogen (secondary N) is 1. The Morgan fingerprint density at radius 3 is 2.84 bits per heavy atom. The van der Waals surface area contributed by atoms with Crippen LogP contribution in [0.5, 0.6) is 0 Å². The molecule has 0 bridgehead atoms. The largest absolute Gasteiger partial charge is 0.322 e. The van der Waals surface area contributed by atoms with E-state index < -0.39 is 0 Å². The van der Waals surface area contributed by atoms with Gasteiger partial charge in [-0.3, -0.25) is 4.79 Å². The van der Waals surface area contributed by atoms with Crippen molar-refractivity contribution in [3.63, 3.8) is 0 Å². The number of hydrogen-bond donors (Lipinski definition) is 1. The lowest BCUT2D eigenvalue weighted by atomic mass is 9.88. The monoisotopic (exact) mass is 369 g/mol. The van der Waals surface area contributed by atoms with E-state index in [4.69, 9.17) is 0 Å². The highest BCUT2D eigenvalue weighted by Crippen LogP contribution is 2.43. The molecule has 0 saturated carbocycles. The standard InChI is InChI=1S/C21H23NOS2/c1-12-4-7-16-17-11-24-20(10-19(17)25-18(16)8-12)21(23)22-15-6-5-13(2)14(3)9-15/h5-6,9-10,12H,4,7-8,11H2,1-3H3,(H,22,23)/t12-/m1/s1. The topological polar surface area (TPSA) is 29.1 Å². The number of carbonyl (C=O) groups excluding carboxylic acids is 1. The Balaban J connectivity index is 1.56. The molecule has 0 fully saturated rings. The van der Waals surface area contributed by atoms with Crippen molar-refractivity contribution in [3.8, 4) is 0 Å². The second-order valence-corrected chi connectivity index (χ2v) is 9.40. The second-order valence-electron chi connectivity index (χ2n) is 7.24. The number of amides is 1. The smallest absolute Gasteiger partial charge is 0.262 e. The van der Waals surface area contributed by atoms with Crippen molar-refractivity contribution < 1.29 is 4.79 Å². The van der Waals surface area contributed by atoms with Gasteiger partial charge in [0.05, 0.1) is 4.91 Å². The van der Waals surface area contributed by atoms with E-state index >= 15 is 0 Å². The molecule has 25 heavy (non-hydrogen) atoms. The van der Waals surface area contributed by atoms with Crippen LogP contribution in [0.1, 0.15) is 45.4 Å². The Hall–Kier alpha value is -1.52. The first-order valence-electron chi connectivity index (χ1n) is 8.88. The van der Waals surface area contributed by atoms with Gasteiger partial charge in [-0.1, -0.05) is 13.0 Å². The third-order valence-corrected chi connectivity index (χ3v) is 7.57. The van der Waals surface area contributed by atoms with Crippen LogP contribution in [0.15, 0.2) is 23.1 Å². The lowest BCUT2D eigenvalue weighted by Gasteiger charge is -2.20. The van der Waals surface area contributed by atoms with Crippen molar-refractivity contribution in [1.29, 1.82) is 0 Å². The number of rotatable bonds is 2. The van der Waals surface area contributed by atoms with E-state index in [9.17, 15) is 4.79 Å². The van der Waals surface area contributed by atoms with Crippen LogP contribution < -0.4 is 5.32 Å². The normalized spacial score (nSPS) is 19.0. The van der Waals surface area contributed by atoms with E-state index in [0.717, 1.165) is 22.3 Å². The fourth-order valence-corrected chi connectivity index (χ4v) is 6.22. The van der Waals surface area contributed by atoms with Crippen LogP contribution in [0.2, 0.25) is 0 Å². The van der Waals surface area contributed by atoms with Gasteiger partial charge >= 0.3 is 0 Å². The molecule has 0 unspecified atom stereocenters. The Morgan fingerprint density at radius 2 is 2.04 bits per heavy atom. The van der Waals surface area contributed by atoms with Crippen LogP contribution in [0.3, 0.4) is 0 Å². The van der Waals surface area contributed by atoms with E-state index in [2.05, 4.69) is 38.2 Å². The maximum Gasteiger partial charge on any atom is 0.262 e. The summed E-state index contributed by atoms with van der Waals surface area (Å²) in [5, 5.41) is 3.06. The first kappa shape index (κ1) is 16.9. The minimum Gasteiger partial charge on any atom is -0.322 e. The van der Waals surface area contributed by atoms with Crippen LogP contribution in [0, 0.1) is 19.8 Å². The van der Waals surface area contributed by atoms with Crippen molar-refractivity contribution in [3.05, 3.63) is 55.1 Å². The molecule has 1 aromatic heterocycles. The third-order valence-electron chi connectivity index (χ3n) is 5.28. The van der Waals surface area contributed by atoms with Gasteiger partial charge < -0.3 is 5.32 Å². The van der Waals surface area contributed by atoms with Crippen molar-refractivity contribution in [2.45, 2.75) is 45.8 Å². The van der Waals surface area contributed by atoms with E-state index in [0.29, 0.717) is 0 Å². The average Bonchev–Trinajstić information content (AvgIpc) is 2.94. The van der Waals surface area contributed by atoms with Gasteiger partial charge in [0.2, 0.25) is 0 Å². The molecule has 2 aromatic rings. The van der Waals surface area contributed by atoms with Crippen molar-refractivity contribution in [2.24, 2.45) is 5.92 Å². The number of carbonyl (C=O) groups is 1. The Bertz CT molecular complexity index is 878. The summed E-state index contributed by atoms with van der Waals surface area (Å²) in [5.74, 6) is 1.73. The predicted molar refractivity (Wildman–Crippen MR) is 109 cm³/mol. The fourth-order valence-electron chi connectivity index (χ4n) is 3.57. The van der Waals surface area contributed by atoms with Gasteiger partial charge in [0.15, 0.2) is 0 Å². The molecule has 1 aromatic carbocycles. The summed E-state index contributed by atoms with van der Waals surface area (Å²) < 4.78 is 0. The van der Waals surface area contributed by atoms with Crippen LogP contribution in [0.4, 0.5) is 5.69 Å². The summed E-state index contributed by atoms with van der Waals surface area (Å²) in [4.78, 5) is 16.4. The molecule has 0 spiro atoms. The molecule has 130 valence electrons. The summed E-state index contributed by atoms with van der Waals surface area (Å²) in [5.41, 5.74) is 6.38. The first-order chi connectivity index (χ1) is 12.0. The lowest BCUT2D eigenvalue weighted by molar-refractivity contribution is -0.112. The second kappa shape index (κ2) is 6.65. The molecular formula is C21H23NOS2. The van der Waals surface area contributed by atoms with E-state index in [1.54, 1.807) is 22.2 Å². The van der Waals surface area contributed by atoms with Crippen molar-refractivity contribution in [2.75, 3.05) is 5.32 Å².